The Morgan fingerprint density at radius 3 is 2.57 bits per heavy atom. The number of carbonyl (C=O) groups is 1. The van der Waals surface area contributed by atoms with E-state index in [4.69, 9.17) is 4.74 Å². The number of carbonyl (C=O) groups excluding carboxylic acids is 1. The molecule has 0 radical (unpaired) electrons. The van der Waals surface area contributed by atoms with Gasteiger partial charge in [-0.05, 0) is 48.7 Å². The van der Waals surface area contributed by atoms with E-state index < -0.39 is 0 Å². The van der Waals surface area contributed by atoms with Crippen LogP contribution < -0.4 is 10.1 Å². The number of aromatic nitrogens is 2. The first-order chi connectivity index (χ1) is 13.8. The summed E-state index contributed by atoms with van der Waals surface area (Å²) in [6.07, 6.45) is 12.1. The molecule has 0 atom stereocenters. The van der Waals surface area contributed by atoms with Crippen molar-refractivity contribution in [2.45, 2.75) is 44.6 Å². The van der Waals surface area contributed by atoms with Crippen molar-refractivity contribution in [2.75, 3.05) is 0 Å². The van der Waals surface area contributed by atoms with E-state index >= 15 is 0 Å². The number of benzene rings is 1. The van der Waals surface area contributed by atoms with Crippen molar-refractivity contribution in [3.63, 3.8) is 0 Å². The molecule has 5 heteroatoms. The zero-order valence-electron chi connectivity index (χ0n) is 15.9. The summed E-state index contributed by atoms with van der Waals surface area (Å²) < 4.78 is 5.55. The molecular formula is C23H25N3O2. The maximum Gasteiger partial charge on any atom is 0.412 e. The highest BCUT2D eigenvalue weighted by atomic mass is 16.6. The van der Waals surface area contributed by atoms with E-state index in [-0.39, 0.29) is 12.1 Å². The average molecular weight is 375 g/mol. The van der Waals surface area contributed by atoms with Crippen LogP contribution in [0.4, 0.5) is 4.79 Å². The number of aromatic amines is 1. The zero-order valence-corrected chi connectivity index (χ0v) is 15.9. The Morgan fingerprint density at radius 2 is 1.79 bits per heavy atom. The van der Waals surface area contributed by atoms with E-state index in [1.165, 1.54) is 25.7 Å². The number of H-pyrrole nitrogens is 1. The van der Waals surface area contributed by atoms with Crippen LogP contribution in [0.25, 0.3) is 22.4 Å². The van der Waals surface area contributed by atoms with Crippen molar-refractivity contribution >= 4 is 6.09 Å². The summed E-state index contributed by atoms with van der Waals surface area (Å²) >= 11 is 0. The predicted molar refractivity (Wildman–Crippen MR) is 110 cm³/mol. The molecule has 0 unspecified atom stereocenters. The van der Waals surface area contributed by atoms with Crippen molar-refractivity contribution in [1.82, 2.24) is 15.3 Å². The van der Waals surface area contributed by atoms with Gasteiger partial charge in [-0.3, -0.25) is 4.98 Å². The van der Waals surface area contributed by atoms with Crippen molar-refractivity contribution in [3.05, 3.63) is 61.1 Å². The molecule has 0 spiro atoms. The third kappa shape index (κ3) is 4.60. The van der Waals surface area contributed by atoms with Crippen LogP contribution >= 0.6 is 0 Å². The monoisotopic (exact) mass is 375 g/mol. The third-order valence-electron chi connectivity index (χ3n) is 5.20. The van der Waals surface area contributed by atoms with Crippen LogP contribution in [0.1, 0.15) is 38.5 Å². The minimum absolute atomic E-state index is 0.222. The Hall–Kier alpha value is -3.08. The molecule has 2 aromatic heterocycles. The van der Waals surface area contributed by atoms with E-state index in [2.05, 4.69) is 21.4 Å². The first-order valence-corrected chi connectivity index (χ1v) is 9.95. The molecule has 144 valence electrons. The molecule has 4 rings (SSSR count). The largest absolute Gasteiger partial charge is 0.412 e. The summed E-state index contributed by atoms with van der Waals surface area (Å²) in [6, 6.07) is 13.8. The summed E-state index contributed by atoms with van der Waals surface area (Å²) in [5.41, 5.74) is 3.96. The van der Waals surface area contributed by atoms with Crippen LogP contribution in [0.3, 0.4) is 0 Å². The zero-order chi connectivity index (χ0) is 19.2. The molecule has 0 aliphatic heterocycles. The Labute approximate surface area is 165 Å². The van der Waals surface area contributed by atoms with Gasteiger partial charge >= 0.3 is 6.09 Å². The average Bonchev–Trinajstić information content (AvgIpc) is 3.14. The predicted octanol–water partition coefficient (Wildman–Crippen LogP) is 5.55. The third-order valence-corrected chi connectivity index (χ3v) is 5.20. The summed E-state index contributed by atoms with van der Waals surface area (Å²) in [6.45, 7) is 0. The van der Waals surface area contributed by atoms with Crippen LogP contribution in [-0.4, -0.2) is 22.1 Å². The van der Waals surface area contributed by atoms with Gasteiger partial charge in [0, 0.05) is 41.5 Å². The van der Waals surface area contributed by atoms with E-state index in [1.54, 1.807) is 6.07 Å². The van der Waals surface area contributed by atoms with Crippen molar-refractivity contribution in [1.29, 1.82) is 0 Å². The van der Waals surface area contributed by atoms with E-state index in [0.29, 0.717) is 5.75 Å². The Morgan fingerprint density at radius 1 is 0.964 bits per heavy atom. The highest BCUT2D eigenvalue weighted by Crippen LogP contribution is 2.27. The number of hydrogen-bond acceptors (Lipinski definition) is 3. The van der Waals surface area contributed by atoms with Crippen molar-refractivity contribution in [3.8, 4) is 28.1 Å². The molecule has 1 aromatic carbocycles. The standard InChI is InChI=1S/C23H25N3O2/c27-23(26-20-8-3-1-2-4-9-20)28-21-10-5-7-17(14-21)18-13-19(16-24-15-18)22-11-6-12-25-22/h5-7,10-16,20,25H,1-4,8-9H2,(H,26,27). The van der Waals surface area contributed by atoms with Gasteiger partial charge in [0.15, 0.2) is 0 Å². The number of hydrogen-bond donors (Lipinski definition) is 2. The molecule has 1 fully saturated rings. The molecule has 28 heavy (non-hydrogen) atoms. The molecule has 0 saturated heterocycles. The van der Waals surface area contributed by atoms with Crippen LogP contribution in [0.5, 0.6) is 5.75 Å². The lowest BCUT2D eigenvalue weighted by atomic mass is 10.0. The van der Waals surface area contributed by atoms with Gasteiger partial charge in [-0.15, -0.1) is 0 Å². The van der Waals surface area contributed by atoms with Gasteiger partial charge in [-0.25, -0.2) is 4.79 Å². The highest BCUT2D eigenvalue weighted by molar-refractivity contribution is 5.74. The van der Waals surface area contributed by atoms with Crippen LogP contribution in [0.2, 0.25) is 0 Å². The van der Waals surface area contributed by atoms with Crippen LogP contribution in [0.15, 0.2) is 61.1 Å². The fourth-order valence-corrected chi connectivity index (χ4v) is 3.72. The number of amides is 1. The van der Waals surface area contributed by atoms with Gasteiger partial charge in [0.2, 0.25) is 0 Å². The molecule has 2 N–H and O–H groups in total. The minimum Gasteiger partial charge on any atom is -0.410 e. The van der Waals surface area contributed by atoms with Gasteiger partial charge in [0.25, 0.3) is 0 Å². The number of nitrogens with zero attached hydrogens (tertiary/aromatic N) is 1. The van der Waals surface area contributed by atoms with Crippen molar-refractivity contribution in [2.24, 2.45) is 0 Å². The molecule has 0 bridgehead atoms. The number of pyridine rings is 1. The van der Waals surface area contributed by atoms with Crippen LogP contribution in [-0.2, 0) is 0 Å². The lowest BCUT2D eigenvalue weighted by molar-refractivity contribution is 0.194. The normalized spacial score (nSPS) is 15.0. The van der Waals surface area contributed by atoms with Gasteiger partial charge in [-0.2, -0.15) is 0 Å². The van der Waals surface area contributed by atoms with Gasteiger partial charge in [0.05, 0.1) is 0 Å². The first-order valence-electron chi connectivity index (χ1n) is 9.95. The number of ether oxygens (including phenoxy) is 1. The Balaban J connectivity index is 1.46. The lowest BCUT2D eigenvalue weighted by Crippen LogP contribution is -2.36. The number of nitrogens with one attached hydrogen (secondary N) is 2. The minimum atomic E-state index is -0.373. The second kappa shape index (κ2) is 8.74. The maximum absolute atomic E-state index is 12.3. The van der Waals surface area contributed by atoms with E-state index in [1.807, 2.05) is 48.9 Å². The smallest absolute Gasteiger partial charge is 0.410 e. The summed E-state index contributed by atoms with van der Waals surface area (Å²) in [5.74, 6) is 0.536. The molecule has 1 amide bonds. The molecule has 1 aliphatic carbocycles. The highest BCUT2D eigenvalue weighted by Gasteiger charge is 2.16. The van der Waals surface area contributed by atoms with Crippen LogP contribution in [0, 0.1) is 0 Å². The molecule has 2 heterocycles. The van der Waals surface area contributed by atoms with E-state index in [9.17, 15) is 4.79 Å². The molecule has 3 aromatic rings. The second-order valence-electron chi connectivity index (χ2n) is 7.30. The topological polar surface area (TPSA) is 67.0 Å². The summed E-state index contributed by atoms with van der Waals surface area (Å²) in [7, 11) is 0. The first kappa shape index (κ1) is 18.3. The van der Waals surface area contributed by atoms with Gasteiger partial charge in [0.1, 0.15) is 5.75 Å². The summed E-state index contributed by atoms with van der Waals surface area (Å²) in [4.78, 5) is 19.8. The second-order valence-corrected chi connectivity index (χ2v) is 7.30. The fourth-order valence-electron chi connectivity index (χ4n) is 3.72. The Kier molecular flexibility index (Phi) is 5.71. The SMILES string of the molecule is O=C(NC1CCCCCC1)Oc1cccc(-c2cncc(-c3ccc[nH]3)c2)c1. The number of rotatable bonds is 4. The molecule has 1 saturated carbocycles. The lowest BCUT2D eigenvalue weighted by Gasteiger charge is -2.16. The Bertz CT molecular complexity index is 913. The fraction of sp³-hybridized carbons (Fsp3) is 0.304. The molecule has 5 nitrogen and oxygen atoms in total. The molecular weight excluding hydrogens is 350 g/mol. The maximum atomic E-state index is 12.3. The molecule has 1 aliphatic rings. The quantitative estimate of drug-likeness (QED) is 0.587. The van der Waals surface area contributed by atoms with Crippen molar-refractivity contribution < 1.29 is 9.53 Å². The summed E-state index contributed by atoms with van der Waals surface area (Å²) in [5, 5.41) is 3.02. The van der Waals surface area contributed by atoms with Gasteiger partial charge in [-0.1, -0.05) is 37.8 Å². The van der Waals surface area contributed by atoms with Gasteiger partial charge < -0.3 is 15.0 Å². The van der Waals surface area contributed by atoms with E-state index in [0.717, 1.165) is 35.2 Å².